The van der Waals surface area contributed by atoms with E-state index in [1.165, 1.54) is 0 Å². The van der Waals surface area contributed by atoms with E-state index in [1.54, 1.807) is 0 Å². The van der Waals surface area contributed by atoms with Crippen molar-refractivity contribution in [3.8, 4) is 0 Å². The predicted molar refractivity (Wildman–Crippen MR) is 52.3 cm³/mol. The lowest BCUT2D eigenvalue weighted by Crippen LogP contribution is -2.35. The average Bonchev–Trinajstić information content (AvgIpc) is 2.03. The van der Waals surface area contributed by atoms with E-state index in [0.717, 1.165) is 32.3 Å². The summed E-state index contributed by atoms with van der Waals surface area (Å²) in [6.07, 6.45) is 2.20. The first kappa shape index (κ1) is 11.6. The Bertz CT molecular complexity index is 132. The van der Waals surface area contributed by atoms with E-state index >= 15 is 0 Å². The Morgan fingerprint density at radius 3 is 2.25 bits per heavy atom. The van der Waals surface area contributed by atoms with Gasteiger partial charge in [-0.1, -0.05) is 27.7 Å². The van der Waals surface area contributed by atoms with E-state index in [0.29, 0.717) is 0 Å². The highest BCUT2D eigenvalue weighted by Crippen LogP contribution is 2.13. The third-order valence-electron chi connectivity index (χ3n) is 1.94. The van der Waals surface area contributed by atoms with Gasteiger partial charge in [0.05, 0.1) is 0 Å². The van der Waals surface area contributed by atoms with Crippen molar-refractivity contribution in [1.29, 1.82) is 0 Å². The molecule has 2 heteroatoms. The molecule has 0 aromatic rings. The Morgan fingerprint density at radius 1 is 1.33 bits per heavy atom. The van der Waals surface area contributed by atoms with Crippen LogP contribution in [-0.4, -0.2) is 30.8 Å². The molecule has 0 aromatic carbocycles. The SMILES string of the molecule is CCCN(CC)CC(C)(C)C=O. The van der Waals surface area contributed by atoms with Gasteiger partial charge in [0.1, 0.15) is 6.29 Å². The second-order valence-electron chi connectivity index (χ2n) is 3.98. The molecule has 0 aliphatic rings. The van der Waals surface area contributed by atoms with Crippen LogP contribution in [0.2, 0.25) is 0 Å². The predicted octanol–water partition coefficient (Wildman–Crippen LogP) is 1.94. The van der Waals surface area contributed by atoms with Crippen molar-refractivity contribution in [2.45, 2.75) is 34.1 Å². The smallest absolute Gasteiger partial charge is 0.126 e. The molecule has 0 radical (unpaired) electrons. The summed E-state index contributed by atoms with van der Waals surface area (Å²) in [6.45, 7) is 11.3. The number of aldehydes is 1. The van der Waals surface area contributed by atoms with E-state index in [9.17, 15) is 4.79 Å². The summed E-state index contributed by atoms with van der Waals surface area (Å²) in [4.78, 5) is 13.0. The molecule has 0 aliphatic carbocycles. The monoisotopic (exact) mass is 171 g/mol. The zero-order valence-corrected chi connectivity index (χ0v) is 8.76. The summed E-state index contributed by atoms with van der Waals surface area (Å²) in [7, 11) is 0. The van der Waals surface area contributed by atoms with Crippen molar-refractivity contribution >= 4 is 6.29 Å². The minimum atomic E-state index is -0.189. The van der Waals surface area contributed by atoms with Crippen LogP contribution in [0.4, 0.5) is 0 Å². The average molecular weight is 171 g/mol. The molecular weight excluding hydrogens is 150 g/mol. The van der Waals surface area contributed by atoms with E-state index in [4.69, 9.17) is 0 Å². The van der Waals surface area contributed by atoms with Crippen LogP contribution >= 0.6 is 0 Å². The molecule has 0 amide bonds. The maximum Gasteiger partial charge on any atom is 0.126 e. The molecule has 72 valence electrons. The lowest BCUT2D eigenvalue weighted by Gasteiger charge is -2.27. The minimum absolute atomic E-state index is 0.189. The van der Waals surface area contributed by atoms with E-state index in [1.807, 2.05) is 13.8 Å². The first-order valence-electron chi connectivity index (χ1n) is 4.74. The van der Waals surface area contributed by atoms with Gasteiger partial charge in [-0.3, -0.25) is 0 Å². The Balaban J connectivity index is 3.91. The number of hydrogen-bond acceptors (Lipinski definition) is 2. The van der Waals surface area contributed by atoms with Crippen LogP contribution in [0.3, 0.4) is 0 Å². The fourth-order valence-corrected chi connectivity index (χ4v) is 1.28. The van der Waals surface area contributed by atoms with Gasteiger partial charge in [0.25, 0.3) is 0 Å². The Hall–Kier alpha value is -0.370. The van der Waals surface area contributed by atoms with Crippen molar-refractivity contribution in [3.05, 3.63) is 0 Å². The fraction of sp³-hybridized carbons (Fsp3) is 0.900. The first-order valence-corrected chi connectivity index (χ1v) is 4.74. The van der Waals surface area contributed by atoms with E-state index in [-0.39, 0.29) is 5.41 Å². The molecule has 12 heavy (non-hydrogen) atoms. The molecule has 0 aliphatic heterocycles. The summed E-state index contributed by atoms with van der Waals surface area (Å²) in [5.74, 6) is 0. The van der Waals surface area contributed by atoms with Crippen LogP contribution in [0, 0.1) is 5.41 Å². The molecule has 0 rings (SSSR count). The normalized spacial score (nSPS) is 12.1. The van der Waals surface area contributed by atoms with Crippen LogP contribution in [0.15, 0.2) is 0 Å². The lowest BCUT2D eigenvalue weighted by atomic mass is 9.95. The van der Waals surface area contributed by atoms with Gasteiger partial charge in [0.2, 0.25) is 0 Å². The van der Waals surface area contributed by atoms with Gasteiger partial charge in [0, 0.05) is 12.0 Å². The maximum absolute atomic E-state index is 10.7. The third-order valence-corrected chi connectivity index (χ3v) is 1.94. The van der Waals surface area contributed by atoms with Crippen LogP contribution in [-0.2, 0) is 4.79 Å². The summed E-state index contributed by atoms with van der Waals surface area (Å²) >= 11 is 0. The summed E-state index contributed by atoms with van der Waals surface area (Å²) in [5.41, 5.74) is -0.189. The highest BCUT2D eigenvalue weighted by molar-refractivity contribution is 5.58. The summed E-state index contributed by atoms with van der Waals surface area (Å²) in [6, 6.07) is 0. The quantitative estimate of drug-likeness (QED) is 0.569. The van der Waals surface area contributed by atoms with Crippen LogP contribution < -0.4 is 0 Å². The van der Waals surface area contributed by atoms with E-state index in [2.05, 4.69) is 18.7 Å². The number of carbonyl (C=O) groups excluding carboxylic acids is 1. The van der Waals surface area contributed by atoms with Crippen molar-refractivity contribution in [2.75, 3.05) is 19.6 Å². The minimum Gasteiger partial charge on any atom is -0.303 e. The number of nitrogens with zero attached hydrogens (tertiary/aromatic N) is 1. The summed E-state index contributed by atoms with van der Waals surface area (Å²) in [5, 5.41) is 0. The molecule has 0 aromatic heterocycles. The molecule has 0 unspecified atom stereocenters. The summed E-state index contributed by atoms with van der Waals surface area (Å²) < 4.78 is 0. The van der Waals surface area contributed by atoms with Crippen LogP contribution in [0.25, 0.3) is 0 Å². The second kappa shape index (κ2) is 5.31. The molecule has 0 saturated heterocycles. The van der Waals surface area contributed by atoms with Crippen LogP contribution in [0.1, 0.15) is 34.1 Å². The van der Waals surface area contributed by atoms with Crippen molar-refractivity contribution in [3.63, 3.8) is 0 Å². The third kappa shape index (κ3) is 4.50. The number of carbonyl (C=O) groups is 1. The van der Waals surface area contributed by atoms with E-state index < -0.39 is 0 Å². The van der Waals surface area contributed by atoms with Crippen LogP contribution in [0.5, 0.6) is 0 Å². The number of hydrogen-bond donors (Lipinski definition) is 0. The van der Waals surface area contributed by atoms with Gasteiger partial charge in [0.15, 0.2) is 0 Å². The van der Waals surface area contributed by atoms with Gasteiger partial charge in [-0.15, -0.1) is 0 Å². The molecule has 0 spiro atoms. The second-order valence-corrected chi connectivity index (χ2v) is 3.98. The molecule has 0 saturated carbocycles. The highest BCUT2D eigenvalue weighted by Gasteiger charge is 2.19. The molecule has 2 nitrogen and oxygen atoms in total. The fourth-order valence-electron chi connectivity index (χ4n) is 1.28. The lowest BCUT2D eigenvalue weighted by molar-refractivity contribution is -0.115. The largest absolute Gasteiger partial charge is 0.303 e. The maximum atomic E-state index is 10.7. The molecule has 0 fully saturated rings. The van der Waals surface area contributed by atoms with Gasteiger partial charge in [-0.25, -0.2) is 0 Å². The Morgan fingerprint density at radius 2 is 1.92 bits per heavy atom. The number of rotatable bonds is 6. The van der Waals surface area contributed by atoms with Gasteiger partial charge >= 0.3 is 0 Å². The molecule has 0 atom stereocenters. The zero-order chi connectivity index (χ0) is 9.61. The Labute approximate surface area is 75.9 Å². The molecular formula is C10H21NO. The van der Waals surface area contributed by atoms with Crippen molar-refractivity contribution in [2.24, 2.45) is 5.41 Å². The molecule has 0 heterocycles. The highest BCUT2D eigenvalue weighted by atomic mass is 16.1. The van der Waals surface area contributed by atoms with Gasteiger partial charge < -0.3 is 9.69 Å². The van der Waals surface area contributed by atoms with Crippen molar-refractivity contribution in [1.82, 2.24) is 4.90 Å². The standard InChI is InChI=1S/C10H21NO/c1-5-7-11(6-2)8-10(3,4)9-12/h9H,5-8H2,1-4H3. The molecule has 0 N–H and O–H groups in total. The Kier molecular flexibility index (Phi) is 5.14. The molecule has 0 bridgehead atoms. The van der Waals surface area contributed by atoms with Gasteiger partial charge in [-0.05, 0) is 19.5 Å². The first-order chi connectivity index (χ1) is 5.55. The van der Waals surface area contributed by atoms with Crippen molar-refractivity contribution < 1.29 is 4.79 Å². The zero-order valence-electron chi connectivity index (χ0n) is 8.76. The topological polar surface area (TPSA) is 20.3 Å². The van der Waals surface area contributed by atoms with Gasteiger partial charge in [-0.2, -0.15) is 0 Å².